The van der Waals surface area contributed by atoms with Gasteiger partial charge < -0.3 is 18.9 Å². The second kappa shape index (κ2) is 8.57. The zero-order chi connectivity index (χ0) is 21.1. The summed E-state index contributed by atoms with van der Waals surface area (Å²) in [5.74, 6) is 2.26. The number of aryl methyl sites for hydroxylation is 1. The summed E-state index contributed by atoms with van der Waals surface area (Å²) in [7, 11) is 3.19. The fourth-order valence-corrected chi connectivity index (χ4v) is 3.74. The highest BCUT2D eigenvalue weighted by molar-refractivity contribution is 5.79. The molecule has 1 aliphatic rings. The molecule has 0 bridgehead atoms. The van der Waals surface area contributed by atoms with Crippen molar-refractivity contribution >= 4 is 5.91 Å². The van der Waals surface area contributed by atoms with Crippen molar-refractivity contribution < 1.29 is 18.8 Å². The van der Waals surface area contributed by atoms with Crippen LogP contribution in [0.15, 0.2) is 47.0 Å². The van der Waals surface area contributed by atoms with Crippen molar-refractivity contribution in [3.05, 3.63) is 59.5 Å². The van der Waals surface area contributed by atoms with E-state index in [1.54, 1.807) is 20.3 Å². The Morgan fingerprint density at radius 1 is 1.13 bits per heavy atom. The number of likely N-dealkylation sites (tertiary alicyclic amines) is 1. The Morgan fingerprint density at radius 3 is 2.60 bits per heavy atom. The summed E-state index contributed by atoms with van der Waals surface area (Å²) in [6.07, 6.45) is 1.22. The number of benzene rings is 2. The average Bonchev–Trinajstić information content (AvgIpc) is 3.39. The molecule has 1 unspecified atom stereocenters. The minimum absolute atomic E-state index is 0.0937. The second-order valence-corrected chi connectivity index (χ2v) is 7.54. The summed E-state index contributed by atoms with van der Waals surface area (Å²) in [5.41, 5.74) is 3.20. The topological polar surface area (TPSA) is 77.7 Å². The maximum absolute atomic E-state index is 12.5. The first-order chi connectivity index (χ1) is 14.6. The van der Waals surface area contributed by atoms with Crippen LogP contribution in [0.3, 0.4) is 0 Å². The highest BCUT2D eigenvalue weighted by Gasteiger charge is 2.34. The van der Waals surface area contributed by atoms with Gasteiger partial charge in [0.25, 0.3) is 0 Å². The molecule has 0 spiro atoms. The van der Waals surface area contributed by atoms with Crippen molar-refractivity contribution in [1.82, 2.24) is 15.0 Å². The van der Waals surface area contributed by atoms with Gasteiger partial charge in [0.15, 0.2) is 0 Å². The molecule has 1 saturated heterocycles. The predicted octanol–water partition coefficient (Wildman–Crippen LogP) is 3.62. The molecule has 1 aromatic heterocycles. The Balaban J connectivity index is 1.44. The number of nitrogens with zero attached hydrogens (tertiary/aromatic N) is 3. The van der Waals surface area contributed by atoms with Gasteiger partial charge in [0, 0.05) is 31.1 Å². The fraction of sp³-hybridized carbons (Fsp3) is 0.348. The molecule has 7 heteroatoms. The summed E-state index contributed by atoms with van der Waals surface area (Å²) in [6.45, 7) is 3.35. The maximum atomic E-state index is 12.5. The minimum Gasteiger partial charge on any atom is -0.497 e. The van der Waals surface area contributed by atoms with Crippen LogP contribution in [0.25, 0.3) is 11.4 Å². The molecule has 1 fully saturated rings. The van der Waals surface area contributed by atoms with E-state index < -0.39 is 0 Å². The molecule has 0 radical (unpaired) electrons. The number of rotatable bonds is 7. The van der Waals surface area contributed by atoms with Gasteiger partial charge in [-0.2, -0.15) is 4.98 Å². The zero-order valence-electron chi connectivity index (χ0n) is 17.4. The third-order valence-corrected chi connectivity index (χ3v) is 5.37. The molecular formula is C23H25N3O4. The van der Waals surface area contributed by atoms with E-state index in [0.717, 1.165) is 12.0 Å². The molecule has 3 aromatic rings. The van der Waals surface area contributed by atoms with E-state index in [-0.39, 0.29) is 11.8 Å². The molecule has 4 rings (SSSR count). The van der Waals surface area contributed by atoms with E-state index in [2.05, 4.69) is 35.3 Å². The van der Waals surface area contributed by atoms with E-state index >= 15 is 0 Å². The predicted molar refractivity (Wildman–Crippen MR) is 112 cm³/mol. The first-order valence-electron chi connectivity index (χ1n) is 9.96. The first kappa shape index (κ1) is 19.9. The summed E-state index contributed by atoms with van der Waals surface area (Å²) < 4.78 is 16.1. The van der Waals surface area contributed by atoms with Crippen molar-refractivity contribution in [2.45, 2.75) is 25.7 Å². The molecule has 0 N–H and O–H groups in total. The largest absolute Gasteiger partial charge is 0.497 e. The van der Waals surface area contributed by atoms with Crippen LogP contribution in [0.1, 0.15) is 29.4 Å². The number of amides is 1. The van der Waals surface area contributed by atoms with Gasteiger partial charge in [0.1, 0.15) is 11.5 Å². The van der Waals surface area contributed by atoms with Crippen molar-refractivity contribution in [1.29, 1.82) is 0 Å². The Bertz CT molecular complexity index is 1020. The lowest BCUT2D eigenvalue weighted by Gasteiger charge is -2.16. The third kappa shape index (κ3) is 4.30. The van der Waals surface area contributed by atoms with E-state index in [1.165, 1.54) is 11.1 Å². The Labute approximate surface area is 175 Å². The molecule has 1 aliphatic heterocycles. The van der Waals surface area contributed by atoms with Gasteiger partial charge >= 0.3 is 0 Å². The number of carbonyl (C=O) groups excluding carboxylic acids is 1. The quantitative estimate of drug-likeness (QED) is 0.595. The zero-order valence-corrected chi connectivity index (χ0v) is 17.4. The molecule has 30 heavy (non-hydrogen) atoms. The number of aromatic nitrogens is 2. The summed E-state index contributed by atoms with van der Waals surface area (Å²) in [6, 6.07) is 13.8. The van der Waals surface area contributed by atoms with Crippen LogP contribution in [-0.2, 0) is 11.2 Å². The van der Waals surface area contributed by atoms with Crippen LogP contribution >= 0.6 is 0 Å². The van der Waals surface area contributed by atoms with Gasteiger partial charge in [0.2, 0.25) is 17.6 Å². The molecule has 2 heterocycles. The van der Waals surface area contributed by atoms with Crippen molar-refractivity contribution in [2.75, 3.05) is 27.3 Å². The molecule has 1 atom stereocenters. The standard InChI is InChI=1S/C23H25N3O4/c1-15-5-4-6-16(9-15)7-8-26-14-18(12-21(26)27)23-24-22(25-30-23)17-10-19(28-2)13-20(11-17)29-3/h4-6,9-11,13,18H,7-8,12,14H2,1-3H3. The van der Waals surface area contributed by atoms with Crippen LogP contribution in [0.4, 0.5) is 0 Å². The monoisotopic (exact) mass is 407 g/mol. The van der Waals surface area contributed by atoms with Crippen molar-refractivity contribution in [3.8, 4) is 22.9 Å². The summed E-state index contributed by atoms with van der Waals surface area (Å²) in [4.78, 5) is 18.9. The van der Waals surface area contributed by atoms with Crippen LogP contribution in [0, 0.1) is 6.92 Å². The van der Waals surface area contributed by atoms with Crippen LogP contribution in [0.2, 0.25) is 0 Å². The SMILES string of the molecule is COc1cc(OC)cc(-c2noc(C3CC(=O)N(CCc4cccc(C)c4)C3)n2)c1. The number of carbonyl (C=O) groups is 1. The summed E-state index contributed by atoms with van der Waals surface area (Å²) in [5, 5.41) is 4.11. The number of hydrogen-bond acceptors (Lipinski definition) is 6. The number of ether oxygens (including phenoxy) is 2. The second-order valence-electron chi connectivity index (χ2n) is 7.54. The minimum atomic E-state index is -0.0937. The van der Waals surface area contributed by atoms with Gasteiger partial charge in [-0.05, 0) is 31.0 Å². The Hall–Kier alpha value is -3.35. The molecule has 0 saturated carbocycles. The first-order valence-corrected chi connectivity index (χ1v) is 9.96. The smallest absolute Gasteiger partial charge is 0.232 e. The van der Waals surface area contributed by atoms with Gasteiger partial charge in [-0.25, -0.2) is 0 Å². The van der Waals surface area contributed by atoms with Gasteiger partial charge in [-0.3, -0.25) is 4.79 Å². The lowest BCUT2D eigenvalue weighted by Crippen LogP contribution is -2.27. The maximum Gasteiger partial charge on any atom is 0.232 e. The van der Waals surface area contributed by atoms with E-state index in [9.17, 15) is 4.79 Å². The molecule has 156 valence electrons. The average molecular weight is 407 g/mol. The molecule has 7 nitrogen and oxygen atoms in total. The van der Waals surface area contributed by atoms with Gasteiger partial charge in [0.05, 0.1) is 20.1 Å². The van der Waals surface area contributed by atoms with Gasteiger partial charge in [-0.15, -0.1) is 0 Å². The lowest BCUT2D eigenvalue weighted by atomic mass is 10.1. The Kier molecular flexibility index (Phi) is 5.70. The molecule has 1 amide bonds. The lowest BCUT2D eigenvalue weighted by molar-refractivity contribution is -0.127. The Morgan fingerprint density at radius 2 is 1.90 bits per heavy atom. The number of hydrogen-bond donors (Lipinski definition) is 0. The van der Waals surface area contributed by atoms with Gasteiger partial charge in [-0.1, -0.05) is 35.0 Å². The molecular weight excluding hydrogens is 382 g/mol. The van der Waals surface area contributed by atoms with E-state index in [4.69, 9.17) is 14.0 Å². The highest BCUT2D eigenvalue weighted by Crippen LogP contribution is 2.31. The van der Waals surface area contributed by atoms with E-state index in [0.29, 0.717) is 42.7 Å². The highest BCUT2D eigenvalue weighted by atomic mass is 16.5. The van der Waals surface area contributed by atoms with Crippen molar-refractivity contribution in [3.63, 3.8) is 0 Å². The fourth-order valence-electron chi connectivity index (χ4n) is 3.74. The van der Waals surface area contributed by atoms with Crippen LogP contribution < -0.4 is 9.47 Å². The van der Waals surface area contributed by atoms with Crippen LogP contribution in [0.5, 0.6) is 11.5 Å². The number of methoxy groups -OCH3 is 2. The van der Waals surface area contributed by atoms with Crippen molar-refractivity contribution in [2.24, 2.45) is 0 Å². The van der Waals surface area contributed by atoms with Crippen LogP contribution in [-0.4, -0.2) is 48.3 Å². The molecule has 2 aromatic carbocycles. The normalized spacial score (nSPS) is 16.2. The molecule has 0 aliphatic carbocycles. The third-order valence-electron chi connectivity index (χ3n) is 5.37. The summed E-state index contributed by atoms with van der Waals surface area (Å²) >= 11 is 0. The van der Waals surface area contributed by atoms with E-state index in [1.807, 2.05) is 23.1 Å².